The van der Waals surface area contributed by atoms with E-state index < -0.39 is 0 Å². The van der Waals surface area contributed by atoms with Gasteiger partial charge in [0.15, 0.2) is 0 Å². The molecule has 6 nitrogen and oxygen atoms in total. The molecule has 122 valence electrons. The number of nitrogens with one attached hydrogen (secondary N) is 1. The first-order chi connectivity index (χ1) is 11.4. The first-order valence-corrected chi connectivity index (χ1v) is 8.28. The second-order valence-corrected chi connectivity index (χ2v) is 6.10. The van der Waals surface area contributed by atoms with Crippen molar-refractivity contribution in [1.82, 2.24) is 19.9 Å². The number of nitrogens with zero attached hydrogens (tertiary/aromatic N) is 3. The maximum atomic E-state index is 5.73. The summed E-state index contributed by atoms with van der Waals surface area (Å²) in [5, 5.41) is 0. The van der Waals surface area contributed by atoms with E-state index in [2.05, 4.69) is 19.9 Å². The number of rotatable bonds is 3. The summed E-state index contributed by atoms with van der Waals surface area (Å²) in [5.74, 6) is 0.982. The van der Waals surface area contributed by atoms with Crippen LogP contribution >= 0.6 is 0 Å². The van der Waals surface area contributed by atoms with Gasteiger partial charge in [0.2, 0.25) is 0 Å². The van der Waals surface area contributed by atoms with Crippen LogP contribution in [0.15, 0.2) is 30.7 Å². The van der Waals surface area contributed by atoms with E-state index in [0.29, 0.717) is 12.6 Å². The van der Waals surface area contributed by atoms with Gasteiger partial charge >= 0.3 is 0 Å². The van der Waals surface area contributed by atoms with E-state index in [-0.39, 0.29) is 6.04 Å². The molecule has 0 aliphatic carbocycles. The molecule has 2 fully saturated rings. The maximum Gasteiger partial charge on any atom is 0.126 e. The largest absolute Gasteiger partial charge is 0.381 e. The van der Waals surface area contributed by atoms with E-state index >= 15 is 0 Å². The molecule has 0 saturated carbocycles. The second-order valence-electron chi connectivity index (χ2n) is 6.10. The molecule has 1 atom stereocenters. The lowest BCUT2D eigenvalue weighted by Gasteiger charge is -2.41. The fraction of sp³-hybridized carbons (Fsp3) is 0.529. The Balaban J connectivity index is 1.56. The van der Waals surface area contributed by atoms with Gasteiger partial charge in [-0.2, -0.15) is 0 Å². The molecule has 2 aliphatic heterocycles. The Labute approximate surface area is 135 Å². The molecule has 2 aromatic rings. The molecule has 23 heavy (non-hydrogen) atoms. The van der Waals surface area contributed by atoms with Gasteiger partial charge in [-0.15, -0.1) is 0 Å². The van der Waals surface area contributed by atoms with Crippen LogP contribution in [0.2, 0.25) is 0 Å². The van der Waals surface area contributed by atoms with Crippen LogP contribution in [0.1, 0.15) is 24.7 Å². The van der Waals surface area contributed by atoms with Gasteiger partial charge in [-0.25, -0.2) is 4.98 Å². The highest BCUT2D eigenvalue weighted by molar-refractivity contribution is 5.56. The molecular formula is C17H22N4O2. The van der Waals surface area contributed by atoms with Crippen molar-refractivity contribution in [2.75, 3.05) is 33.0 Å². The van der Waals surface area contributed by atoms with Crippen LogP contribution in [0.25, 0.3) is 11.3 Å². The minimum atomic E-state index is 0.192. The van der Waals surface area contributed by atoms with Gasteiger partial charge in [0.1, 0.15) is 5.82 Å². The minimum Gasteiger partial charge on any atom is -0.381 e. The minimum absolute atomic E-state index is 0.192. The Morgan fingerprint density at radius 2 is 2.04 bits per heavy atom. The number of hydrogen-bond acceptors (Lipinski definition) is 5. The molecule has 4 rings (SSSR count). The zero-order valence-electron chi connectivity index (χ0n) is 13.1. The zero-order valence-corrected chi connectivity index (χ0v) is 13.1. The summed E-state index contributed by atoms with van der Waals surface area (Å²) in [6, 6.07) is 4.73. The van der Waals surface area contributed by atoms with Crippen LogP contribution in [-0.4, -0.2) is 58.9 Å². The summed E-state index contributed by atoms with van der Waals surface area (Å²) in [4.78, 5) is 14.8. The van der Waals surface area contributed by atoms with E-state index in [1.54, 1.807) is 6.20 Å². The quantitative estimate of drug-likeness (QED) is 0.939. The summed E-state index contributed by atoms with van der Waals surface area (Å²) in [7, 11) is 0. The topological polar surface area (TPSA) is 63.3 Å². The third kappa shape index (κ3) is 3.15. The van der Waals surface area contributed by atoms with Gasteiger partial charge in [0, 0.05) is 43.8 Å². The monoisotopic (exact) mass is 314 g/mol. The van der Waals surface area contributed by atoms with Gasteiger partial charge < -0.3 is 14.5 Å². The lowest BCUT2D eigenvalue weighted by atomic mass is 10.0. The molecule has 4 heterocycles. The van der Waals surface area contributed by atoms with Gasteiger partial charge in [0.25, 0.3) is 0 Å². The molecule has 0 radical (unpaired) electrons. The Bertz CT molecular complexity index is 625. The van der Waals surface area contributed by atoms with E-state index in [1.807, 2.05) is 24.5 Å². The first kappa shape index (κ1) is 14.8. The fourth-order valence-corrected chi connectivity index (χ4v) is 3.48. The SMILES string of the molecule is c1cncc(-c2cnc(C3COCCN3C3CCOCC3)[nH]2)c1. The average molecular weight is 314 g/mol. The normalized spacial score (nSPS) is 23.9. The highest BCUT2D eigenvalue weighted by Crippen LogP contribution is 2.29. The van der Waals surface area contributed by atoms with Crippen molar-refractivity contribution < 1.29 is 9.47 Å². The first-order valence-electron chi connectivity index (χ1n) is 8.28. The number of imidazole rings is 1. The van der Waals surface area contributed by atoms with Crippen molar-refractivity contribution in [2.24, 2.45) is 0 Å². The predicted molar refractivity (Wildman–Crippen MR) is 85.9 cm³/mol. The van der Waals surface area contributed by atoms with Crippen LogP contribution in [0.5, 0.6) is 0 Å². The van der Waals surface area contributed by atoms with Crippen molar-refractivity contribution in [3.8, 4) is 11.3 Å². The third-order valence-electron chi connectivity index (χ3n) is 4.71. The number of hydrogen-bond donors (Lipinski definition) is 1. The zero-order chi connectivity index (χ0) is 15.5. The molecule has 2 aliphatic rings. The van der Waals surface area contributed by atoms with E-state index in [9.17, 15) is 0 Å². The Kier molecular flexibility index (Phi) is 4.37. The lowest BCUT2D eigenvalue weighted by molar-refractivity contribution is -0.0589. The molecule has 1 unspecified atom stereocenters. The number of H-pyrrole nitrogens is 1. The van der Waals surface area contributed by atoms with Crippen LogP contribution in [-0.2, 0) is 9.47 Å². The van der Waals surface area contributed by atoms with Crippen LogP contribution in [0.4, 0.5) is 0 Å². The van der Waals surface area contributed by atoms with Crippen molar-refractivity contribution in [3.05, 3.63) is 36.5 Å². The predicted octanol–water partition coefficient (Wildman–Crippen LogP) is 2.02. The number of ether oxygens (including phenoxy) is 2. The molecule has 1 N–H and O–H groups in total. The lowest BCUT2D eigenvalue weighted by Crippen LogP contribution is -2.48. The van der Waals surface area contributed by atoms with E-state index in [0.717, 1.165) is 56.3 Å². The Morgan fingerprint density at radius 1 is 1.13 bits per heavy atom. The van der Waals surface area contributed by atoms with E-state index in [4.69, 9.17) is 9.47 Å². The molecule has 0 spiro atoms. The Morgan fingerprint density at radius 3 is 2.87 bits per heavy atom. The molecule has 6 heteroatoms. The summed E-state index contributed by atoms with van der Waals surface area (Å²) < 4.78 is 11.2. The van der Waals surface area contributed by atoms with Crippen molar-refractivity contribution in [1.29, 1.82) is 0 Å². The Hall–Kier alpha value is -1.76. The maximum absolute atomic E-state index is 5.73. The summed E-state index contributed by atoms with van der Waals surface area (Å²) in [6.45, 7) is 4.15. The van der Waals surface area contributed by atoms with Crippen LogP contribution in [0.3, 0.4) is 0 Å². The third-order valence-corrected chi connectivity index (χ3v) is 4.71. The van der Waals surface area contributed by atoms with Crippen molar-refractivity contribution >= 4 is 0 Å². The fourth-order valence-electron chi connectivity index (χ4n) is 3.48. The molecule has 0 aromatic carbocycles. The van der Waals surface area contributed by atoms with Gasteiger partial charge in [-0.1, -0.05) is 0 Å². The smallest absolute Gasteiger partial charge is 0.126 e. The number of morpholine rings is 1. The van der Waals surface area contributed by atoms with Crippen LogP contribution < -0.4 is 0 Å². The van der Waals surface area contributed by atoms with Gasteiger partial charge in [0.05, 0.1) is 31.1 Å². The molecule has 0 bridgehead atoms. The van der Waals surface area contributed by atoms with Gasteiger partial charge in [-0.05, 0) is 25.0 Å². The summed E-state index contributed by atoms with van der Waals surface area (Å²) in [5.41, 5.74) is 2.06. The van der Waals surface area contributed by atoms with Crippen molar-refractivity contribution in [3.63, 3.8) is 0 Å². The molecular weight excluding hydrogens is 292 g/mol. The summed E-state index contributed by atoms with van der Waals surface area (Å²) >= 11 is 0. The number of pyridine rings is 1. The number of aromatic nitrogens is 3. The number of aromatic amines is 1. The van der Waals surface area contributed by atoms with Crippen molar-refractivity contribution in [2.45, 2.75) is 24.9 Å². The van der Waals surface area contributed by atoms with E-state index in [1.165, 1.54) is 0 Å². The summed E-state index contributed by atoms with van der Waals surface area (Å²) in [6.07, 6.45) is 7.70. The molecule has 2 aromatic heterocycles. The standard InChI is InChI=1S/C17H22N4O2/c1-2-13(10-18-5-1)15-11-19-17(20-15)16-12-23-9-6-21(16)14-3-7-22-8-4-14/h1-2,5,10-11,14,16H,3-4,6-9,12H2,(H,19,20). The highest BCUT2D eigenvalue weighted by atomic mass is 16.5. The molecule has 2 saturated heterocycles. The van der Waals surface area contributed by atoms with Crippen LogP contribution in [0, 0.1) is 0 Å². The highest BCUT2D eigenvalue weighted by Gasteiger charge is 2.33. The average Bonchev–Trinajstić information content (AvgIpc) is 3.13. The molecule has 0 amide bonds. The van der Waals surface area contributed by atoms with Gasteiger partial charge in [-0.3, -0.25) is 9.88 Å². The second kappa shape index (κ2) is 6.78.